The van der Waals surface area contributed by atoms with Crippen LogP contribution in [0.5, 0.6) is 0 Å². The summed E-state index contributed by atoms with van der Waals surface area (Å²) in [5.74, 6) is 1.80. The third-order valence-electron chi connectivity index (χ3n) is 5.90. The van der Waals surface area contributed by atoms with Gasteiger partial charge in [0.2, 0.25) is 0 Å². The molecule has 2 aliphatic heterocycles. The van der Waals surface area contributed by atoms with Crippen molar-refractivity contribution in [1.82, 2.24) is 10.2 Å². The summed E-state index contributed by atoms with van der Waals surface area (Å²) in [6.07, 6.45) is 9.90. The highest BCUT2D eigenvalue weighted by Crippen LogP contribution is 2.41. The van der Waals surface area contributed by atoms with Gasteiger partial charge in [0.05, 0.1) is 6.61 Å². The number of rotatable bonds is 3. The summed E-state index contributed by atoms with van der Waals surface area (Å²) in [5.41, 5.74) is 0.477. The molecule has 3 heteroatoms. The summed E-state index contributed by atoms with van der Waals surface area (Å²) in [6.45, 7) is 5.86. The Kier molecular flexibility index (Phi) is 3.33. The molecule has 1 spiro atoms. The number of hydrogen-bond donors (Lipinski definition) is 1. The third-order valence-corrected chi connectivity index (χ3v) is 5.90. The van der Waals surface area contributed by atoms with Crippen molar-refractivity contribution in [2.75, 3.05) is 32.8 Å². The van der Waals surface area contributed by atoms with Gasteiger partial charge in [-0.15, -0.1) is 0 Å². The molecule has 2 atom stereocenters. The Morgan fingerprint density at radius 1 is 1.16 bits per heavy atom. The van der Waals surface area contributed by atoms with E-state index >= 15 is 0 Å². The minimum absolute atomic E-state index is 0.477. The molecule has 2 aliphatic carbocycles. The van der Waals surface area contributed by atoms with Crippen LogP contribution in [0.15, 0.2) is 0 Å². The van der Waals surface area contributed by atoms with Crippen molar-refractivity contribution in [3.8, 4) is 0 Å². The number of piperazine rings is 1. The van der Waals surface area contributed by atoms with E-state index < -0.39 is 0 Å². The zero-order chi connectivity index (χ0) is 12.7. The van der Waals surface area contributed by atoms with E-state index in [9.17, 15) is 0 Å². The van der Waals surface area contributed by atoms with E-state index in [0.717, 1.165) is 31.1 Å². The lowest BCUT2D eigenvalue weighted by molar-refractivity contribution is 0.0529. The van der Waals surface area contributed by atoms with Crippen LogP contribution in [0.2, 0.25) is 0 Å². The molecule has 4 rings (SSSR count). The molecular formula is C16H28N2O. The molecule has 1 N–H and O–H groups in total. The lowest BCUT2D eigenvalue weighted by Crippen LogP contribution is -2.64. The molecule has 4 fully saturated rings. The van der Waals surface area contributed by atoms with Gasteiger partial charge in [-0.05, 0) is 43.9 Å². The van der Waals surface area contributed by atoms with Gasteiger partial charge < -0.3 is 10.1 Å². The predicted octanol–water partition coefficient (Wildman–Crippen LogP) is 2.02. The minimum Gasteiger partial charge on any atom is -0.381 e. The van der Waals surface area contributed by atoms with Gasteiger partial charge in [0, 0.05) is 37.8 Å². The van der Waals surface area contributed by atoms with Crippen LogP contribution in [0.4, 0.5) is 0 Å². The highest BCUT2D eigenvalue weighted by molar-refractivity contribution is 5.04. The molecule has 2 heterocycles. The summed E-state index contributed by atoms with van der Waals surface area (Å²) in [7, 11) is 0. The minimum atomic E-state index is 0.477. The average molecular weight is 264 g/mol. The molecule has 0 amide bonds. The summed E-state index contributed by atoms with van der Waals surface area (Å²) in [6, 6.07) is 0.826. The smallest absolute Gasteiger partial charge is 0.0507 e. The maximum Gasteiger partial charge on any atom is 0.0507 e. The second-order valence-corrected chi connectivity index (χ2v) is 7.43. The fourth-order valence-electron chi connectivity index (χ4n) is 4.60. The first-order valence-electron chi connectivity index (χ1n) is 8.42. The number of ether oxygens (including phenoxy) is 1. The maximum absolute atomic E-state index is 5.58. The second kappa shape index (κ2) is 5.01. The van der Waals surface area contributed by atoms with Gasteiger partial charge in [-0.3, -0.25) is 4.90 Å². The molecule has 4 aliphatic rings. The molecule has 0 radical (unpaired) electrons. The van der Waals surface area contributed by atoms with E-state index in [1.165, 1.54) is 64.6 Å². The van der Waals surface area contributed by atoms with E-state index in [2.05, 4.69) is 10.2 Å². The van der Waals surface area contributed by atoms with Gasteiger partial charge in [-0.25, -0.2) is 0 Å². The Hall–Kier alpha value is -0.120. The summed E-state index contributed by atoms with van der Waals surface area (Å²) in [5, 5.41) is 3.95. The largest absolute Gasteiger partial charge is 0.381 e. The monoisotopic (exact) mass is 264 g/mol. The van der Waals surface area contributed by atoms with Crippen molar-refractivity contribution in [1.29, 1.82) is 0 Å². The molecule has 3 nitrogen and oxygen atoms in total. The Labute approximate surface area is 117 Å². The Bertz CT molecular complexity index is 317. The van der Waals surface area contributed by atoms with Crippen molar-refractivity contribution in [2.45, 2.75) is 56.5 Å². The van der Waals surface area contributed by atoms with Crippen molar-refractivity contribution in [3.05, 3.63) is 0 Å². The van der Waals surface area contributed by atoms with Crippen LogP contribution in [0.3, 0.4) is 0 Å². The molecule has 0 aromatic rings. The van der Waals surface area contributed by atoms with E-state index in [-0.39, 0.29) is 0 Å². The molecule has 19 heavy (non-hydrogen) atoms. The Morgan fingerprint density at radius 2 is 2.00 bits per heavy atom. The van der Waals surface area contributed by atoms with E-state index in [1.54, 1.807) is 0 Å². The average Bonchev–Trinajstić information content (AvgIpc) is 2.94. The van der Waals surface area contributed by atoms with Crippen LogP contribution in [0.25, 0.3) is 0 Å². The fourth-order valence-corrected chi connectivity index (χ4v) is 4.60. The van der Waals surface area contributed by atoms with E-state index in [1.807, 2.05) is 0 Å². The van der Waals surface area contributed by atoms with Crippen molar-refractivity contribution in [2.24, 2.45) is 11.8 Å². The van der Waals surface area contributed by atoms with Gasteiger partial charge in [0.1, 0.15) is 0 Å². The fraction of sp³-hybridized carbons (Fsp3) is 1.00. The number of nitrogens with one attached hydrogen (secondary N) is 1. The van der Waals surface area contributed by atoms with Crippen LogP contribution in [0, 0.1) is 11.8 Å². The molecule has 2 unspecified atom stereocenters. The summed E-state index contributed by atoms with van der Waals surface area (Å²) < 4.78 is 5.58. The first-order chi connectivity index (χ1) is 9.35. The highest BCUT2D eigenvalue weighted by Gasteiger charge is 2.45. The first kappa shape index (κ1) is 12.6. The van der Waals surface area contributed by atoms with Crippen LogP contribution < -0.4 is 5.32 Å². The maximum atomic E-state index is 5.58. The van der Waals surface area contributed by atoms with Crippen molar-refractivity contribution < 1.29 is 4.74 Å². The first-order valence-corrected chi connectivity index (χ1v) is 8.42. The van der Waals surface area contributed by atoms with Crippen LogP contribution in [-0.2, 0) is 4.74 Å². The molecule has 0 aromatic heterocycles. The SMILES string of the molecule is C1CCC2(C1)CN(CC1CCOC1)C(C1CC1)CN2. The predicted molar refractivity (Wildman–Crippen MR) is 76.2 cm³/mol. The van der Waals surface area contributed by atoms with Gasteiger partial charge >= 0.3 is 0 Å². The number of hydrogen-bond acceptors (Lipinski definition) is 3. The van der Waals surface area contributed by atoms with E-state index in [4.69, 9.17) is 4.74 Å². The molecule has 0 aromatic carbocycles. The summed E-state index contributed by atoms with van der Waals surface area (Å²) in [4.78, 5) is 2.86. The zero-order valence-electron chi connectivity index (χ0n) is 12.1. The molecule has 2 saturated heterocycles. The molecule has 2 saturated carbocycles. The zero-order valence-corrected chi connectivity index (χ0v) is 12.1. The number of nitrogens with zero attached hydrogens (tertiary/aromatic N) is 1. The van der Waals surface area contributed by atoms with Gasteiger partial charge in [0.15, 0.2) is 0 Å². The lowest BCUT2D eigenvalue weighted by Gasteiger charge is -2.47. The van der Waals surface area contributed by atoms with Crippen LogP contribution >= 0.6 is 0 Å². The standard InChI is InChI=1S/C16H28N2O/c1-2-7-16(6-1)12-18(10-13-5-8-19-11-13)15(9-17-16)14-3-4-14/h13-15,17H,1-12H2. The second-order valence-electron chi connectivity index (χ2n) is 7.43. The van der Waals surface area contributed by atoms with Crippen molar-refractivity contribution >= 4 is 0 Å². The third kappa shape index (κ3) is 2.57. The molecular weight excluding hydrogens is 236 g/mol. The quantitative estimate of drug-likeness (QED) is 0.844. The van der Waals surface area contributed by atoms with Crippen LogP contribution in [0.1, 0.15) is 44.9 Å². The normalized spacial score (nSPS) is 39.2. The lowest BCUT2D eigenvalue weighted by atomic mass is 9.90. The topological polar surface area (TPSA) is 24.5 Å². The Balaban J connectivity index is 1.45. The Morgan fingerprint density at radius 3 is 2.68 bits per heavy atom. The van der Waals surface area contributed by atoms with Gasteiger partial charge in [-0.1, -0.05) is 12.8 Å². The highest BCUT2D eigenvalue weighted by atomic mass is 16.5. The van der Waals surface area contributed by atoms with E-state index in [0.29, 0.717) is 5.54 Å². The van der Waals surface area contributed by atoms with Gasteiger partial charge in [-0.2, -0.15) is 0 Å². The molecule has 108 valence electrons. The van der Waals surface area contributed by atoms with Crippen molar-refractivity contribution in [3.63, 3.8) is 0 Å². The van der Waals surface area contributed by atoms with Gasteiger partial charge in [0.25, 0.3) is 0 Å². The summed E-state index contributed by atoms with van der Waals surface area (Å²) >= 11 is 0. The molecule has 0 bridgehead atoms. The van der Waals surface area contributed by atoms with Crippen LogP contribution in [-0.4, -0.2) is 49.3 Å².